The van der Waals surface area contributed by atoms with Crippen molar-refractivity contribution in [1.29, 1.82) is 0 Å². The summed E-state index contributed by atoms with van der Waals surface area (Å²) in [6.45, 7) is 4.11. The van der Waals surface area contributed by atoms with Gasteiger partial charge in [0.15, 0.2) is 0 Å². The molecular weight excluding hydrogens is 623 g/mol. The second-order valence-corrected chi connectivity index (χ2v) is 14.9. The molecule has 284 valence electrons. The van der Waals surface area contributed by atoms with Crippen LogP contribution in [0.1, 0.15) is 187 Å². The van der Waals surface area contributed by atoms with E-state index in [0.29, 0.717) is 6.42 Å². The molecule has 0 saturated carbocycles. The average Bonchev–Trinajstić information content (AvgIpc) is 3.07. The highest BCUT2D eigenvalue weighted by Gasteiger charge is 2.26. The summed E-state index contributed by atoms with van der Waals surface area (Å²) in [5.74, 6) is -0.203. The molecule has 0 aromatic rings. The Labute approximate surface area is 296 Å². The van der Waals surface area contributed by atoms with Crippen molar-refractivity contribution in [2.24, 2.45) is 5.73 Å². The van der Waals surface area contributed by atoms with Gasteiger partial charge in [0.2, 0.25) is 5.91 Å². The van der Waals surface area contributed by atoms with E-state index in [0.717, 1.165) is 51.4 Å². The number of allylic oxidation sites excluding steroid dienone is 3. The van der Waals surface area contributed by atoms with Gasteiger partial charge in [0.1, 0.15) is 0 Å². The Morgan fingerprint density at radius 1 is 0.667 bits per heavy atom. The third-order valence-corrected chi connectivity index (χ3v) is 9.76. The van der Waals surface area contributed by atoms with Crippen molar-refractivity contribution < 1.29 is 28.4 Å². The SMILES string of the molecule is CCCCCCCCC/C=C\CCCCCCCC(=O)NC(COP(=O)(O)OCCN)C(O)/C=C/CCCCCCCCCCCCC. The van der Waals surface area contributed by atoms with Crippen LogP contribution < -0.4 is 11.1 Å². The Balaban J connectivity index is 4.29. The first-order valence-electron chi connectivity index (χ1n) is 20.0. The summed E-state index contributed by atoms with van der Waals surface area (Å²) in [6, 6.07) is -0.860. The second-order valence-electron chi connectivity index (χ2n) is 13.5. The van der Waals surface area contributed by atoms with Crippen LogP contribution in [0.25, 0.3) is 0 Å². The summed E-state index contributed by atoms with van der Waals surface area (Å²) in [4.78, 5) is 22.6. The number of rotatable bonds is 37. The maximum Gasteiger partial charge on any atom is 0.472 e. The smallest absolute Gasteiger partial charge is 0.387 e. The van der Waals surface area contributed by atoms with Crippen LogP contribution in [-0.4, -0.2) is 47.8 Å². The molecule has 0 aliphatic heterocycles. The van der Waals surface area contributed by atoms with Gasteiger partial charge in [-0.1, -0.05) is 160 Å². The van der Waals surface area contributed by atoms with Crippen LogP contribution in [0.3, 0.4) is 0 Å². The first-order chi connectivity index (χ1) is 23.4. The largest absolute Gasteiger partial charge is 0.472 e. The number of nitrogens with one attached hydrogen (secondary N) is 1. The summed E-state index contributed by atoms with van der Waals surface area (Å²) >= 11 is 0. The highest BCUT2D eigenvalue weighted by molar-refractivity contribution is 7.47. The molecule has 0 aromatic heterocycles. The van der Waals surface area contributed by atoms with E-state index in [1.807, 2.05) is 6.08 Å². The lowest BCUT2D eigenvalue weighted by molar-refractivity contribution is -0.123. The second kappa shape index (κ2) is 35.8. The van der Waals surface area contributed by atoms with E-state index in [1.165, 1.54) is 116 Å². The number of carbonyl (C=O) groups is 1. The quantitative estimate of drug-likeness (QED) is 0.0288. The molecule has 9 heteroatoms. The molecule has 0 aromatic carbocycles. The molecular formula is C39H77N2O6P. The van der Waals surface area contributed by atoms with Crippen molar-refractivity contribution in [2.45, 2.75) is 199 Å². The maximum absolute atomic E-state index is 12.7. The van der Waals surface area contributed by atoms with Gasteiger partial charge in [-0.3, -0.25) is 13.8 Å². The molecule has 3 atom stereocenters. The van der Waals surface area contributed by atoms with Crippen LogP contribution in [0.4, 0.5) is 0 Å². The number of amides is 1. The Morgan fingerprint density at radius 2 is 1.08 bits per heavy atom. The van der Waals surface area contributed by atoms with Crippen molar-refractivity contribution in [1.82, 2.24) is 5.32 Å². The predicted octanol–water partition coefficient (Wildman–Crippen LogP) is 10.6. The Morgan fingerprint density at radius 3 is 1.54 bits per heavy atom. The molecule has 0 spiro atoms. The Hall–Kier alpha value is -1.02. The molecule has 0 aliphatic rings. The lowest BCUT2D eigenvalue weighted by atomic mass is 10.0. The number of unbranched alkanes of at least 4 members (excludes halogenated alkanes) is 23. The van der Waals surface area contributed by atoms with Gasteiger partial charge in [-0.15, -0.1) is 0 Å². The van der Waals surface area contributed by atoms with Crippen molar-refractivity contribution >= 4 is 13.7 Å². The summed E-state index contributed by atoms with van der Waals surface area (Å²) < 4.78 is 22.0. The number of nitrogens with two attached hydrogens (primary N) is 1. The predicted molar refractivity (Wildman–Crippen MR) is 203 cm³/mol. The maximum atomic E-state index is 12.7. The minimum Gasteiger partial charge on any atom is -0.387 e. The lowest BCUT2D eigenvalue weighted by Gasteiger charge is -2.23. The van der Waals surface area contributed by atoms with E-state index in [2.05, 4.69) is 31.3 Å². The highest BCUT2D eigenvalue weighted by Crippen LogP contribution is 2.43. The Bertz CT molecular complexity index is 809. The third-order valence-electron chi connectivity index (χ3n) is 8.77. The molecule has 8 nitrogen and oxygen atoms in total. The molecule has 0 radical (unpaired) electrons. The van der Waals surface area contributed by atoms with Gasteiger partial charge in [-0.2, -0.15) is 0 Å². The summed E-state index contributed by atoms with van der Waals surface area (Å²) in [5, 5.41) is 13.6. The van der Waals surface area contributed by atoms with Crippen LogP contribution >= 0.6 is 7.82 Å². The number of aliphatic hydroxyl groups is 1. The van der Waals surface area contributed by atoms with E-state index >= 15 is 0 Å². The third kappa shape index (κ3) is 33.5. The van der Waals surface area contributed by atoms with Gasteiger partial charge in [0.05, 0.1) is 25.4 Å². The lowest BCUT2D eigenvalue weighted by Crippen LogP contribution is -2.45. The number of phosphoric acid groups is 1. The van der Waals surface area contributed by atoms with Crippen molar-refractivity contribution in [2.75, 3.05) is 19.8 Å². The summed E-state index contributed by atoms with van der Waals surface area (Å²) in [7, 11) is -4.33. The molecule has 0 aliphatic carbocycles. The highest BCUT2D eigenvalue weighted by atomic mass is 31.2. The van der Waals surface area contributed by atoms with Crippen molar-refractivity contribution in [3.05, 3.63) is 24.3 Å². The van der Waals surface area contributed by atoms with Crippen LogP contribution in [0, 0.1) is 0 Å². The molecule has 0 saturated heterocycles. The number of hydrogen-bond acceptors (Lipinski definition) is 6. The monoisotopic (exact) mass is 701 g/mol. The number of aliphatic hydroxyl groups excluding tert-OH is 1. The van der Waals surface area contributed by atoms with Gasteiger partial charge in [0, 0.05) is 13.0 Å². The van der Waals surface area contributed by atoms with E-state index in [9.17, 15) is 19.4 Å². The van der Waals surface area contributed by atoms with E-state index in [1.54, 1.807) is 6.08 Å². The first kappa shape index (κ1) is 47.0. The molecule has 0 fully saturated rings. The van der Waals surface area contributed by atoms with Crippen LogP contribution in [0.5, 0.6) is 0 Å². The molecule has 5 N–H and O–H groups in total. The molecule has 0 rings (SSSR count). The fourth-order valence-electron chi connectivity index (χ4n) is 5.71. The zero-order valence-electron chi connectivity index (χ0n) is 31.2. The van der Waals surface area contributed by atoms with Crippen LogP contribution in [0.15, 0.2) is 24.3 Å². The topological polar surface area (TPSA) is 131 Å². The van der Waals surface area contributed by atoms with E-state index in [4.69, 9.17) is 14.8 Å². The Kier molecular flexibility index (Phi) is 35.0. The summed E-state index contributed by atoms with van der Waals surface area (Å²) in [5.41, 5.74) is 5.36. The fourth-order valence-corrected chi connectivity index (χ4v) is 6.47. The zero-order chi connectivity index (χ0) is 35.4. The van der Waals surface area contributed by atoms with Gasteiger partial charge < -0.3 is 21.1 Å². The standard InChI is InChI=1S/C39H77N2O6P/c1-3-5-7-9-11-13-15-17-18-19-21-23-25-27-29-31-33-39(43)41-37(36-47-48(44,45)46-35-34-40)38(42)32-30-28-26-24-22-20-16-14-12-10-8-6-4-2/h18-19,30,32,37-38,42H,3-17,20-29,31,33-36,40H2,1-2H3,(H,41,43)(H,44,45)/b19-18-,32-30+. The van der Waals surface area contributed by atoms with Crippen LogP contribution in [0.2, 0.25) is 0 Å². The van der Waals surface area contributed by atoms with Crippen LogP contribution in [-0.2, 0) is 18.4 Å². The normalized spacial score (nSPS) is 14.5. The van der Waals surface area contributed by atoms with Gasteiger partial charge in [-0.25, -0.2) is 4.57 Å². The number of hydrogen-bond donors (Lipinski definition) is 4. The van der Waals surface area contributed by atoms with E-state index in [-0.39, 0.29) is 25.7 Å². The fraction of sp³-hybridized carbons (Fsp3) is 0.872. The van der Waals surface area contributed by atoms with Gasteiger partial charge in [0.25, 0.3) is 0 Å². The number of phosphoric ester groups is 1. The zero-order valence-corrected chi connectivity index (χ0v) is 32.1. The molecule has 1 amide bonds. The molecule has 0 bridgehead atoms. The minimum absolute atomic E-state index is 0.0779. The van der Waals surface area contributed by atoms with Crippen molar-refractivity contribution in [3.63, 3.8) is 0 Å². The van der Waals surface area contributed by atoms with E-state index < -0.39 is 20.0 Å². The van der Waals surface area contributed by atoms with Gasteiger partial charge >= 0.3 is 7.82 Å². The summed E-state index contributed by atoms with van der Waals surface area (Å²) in [6.07, 6.45) is 39.3. The van der Waals surface area contributed by atoms with Crippen molar-refractivity contribution in [3.8, 4) is 0 Å². The molecule has 48 heavy (non-hydrogen) atoms. The number of carbonyl (C=O) groups excluding carboxylic acids is 1. The average molecular weight is 701 g/mol. The van der Waals surface area contributed by atoms with Gasteiger partial charge in [-0.05, 0) is 44.9 Å². The first-order valence-corrected chi connectivity index (χ1v) is 21.5. The molecule has 3 unspecified atom stereocenters. The molecule has 0 heterocycles. The minimum atomic E-state index is -4.33.